The zero-order valence-electron chi connectivity index (χ0n) is 13.3. The summed E-state index contributed by atoms with van der Waals surface area (Å²) in [5, 5.41) is 4.69. The third-order valence-electron chi connectivity index (χ3n) is 3.43. The highest BCUT2D eigenvalue weighted by atomic mass is 32.2. The van der Waals surface area contributed by atoms with Crippen LogP contribution in [-0.2, 0) is 6.54 Å². The van der Waals surface area contributed by atoms with Gasteiger partial charge in [-0.3, -0.25) is 4.79 Å². The third-order valence-corrected chi connectivity index (χ3v) is 4.00. The summed E-state index contributed by atoms with van der Waals surface area (Å²) >= 11 is 1.43. The van der Waals surface area contributed by atoms with Crippen molar-refractivity contribution in [1.82, 2.24) is 20.0 Å². The molecule has 0 spiro atoms. The quantitative estimate of drug-likeness (QED) is 0.525. The van der Waals surface area contributed by atoms with Crippen LogP contribution in [0.2, 0.25) is 0 Å². The average molecular weight is 340 g/mol. The van der Waals surface area contributed by atoms with Gasteiger partial charge in [0.1, 0.15) is 5.69 Å². The molecule has 0 radical (unpaired) electrons. The number of benzene rings is 1. The lowest BCUT2D eigenvalue weighted by atomic mass is 10.1. The molecular formula is C17H16N4O2S. The van der Waals surface area contributed by atoms with Crippen molar-refractivity contribution in [3.8, 4) is 11.3 Å². The van der Waals surface area contributed by atoms with Crippen LogP contribution in [0.15, 0.2) is 58.5 Å². The smallest absolute Gasteiger partial charge is 0.257 e. The third kappa shape index (κ3) is 3.62. The van der Waals surface area contributed by atoms with Crippen LogP contribution < -0.4 is 0 Å². The molecule has 6 nitrogen and oxygen atoms in total. The van der Waals surface area contributed by atoms with Gasteiger partial charge in [0.15, 0.2) is 10.9 Å². The van der Waals surface area contributed by atoms with E-state index in [0.717, 1.165) is 11.3 Å². The molecule has 3 aromatic rings. The molecule has 7 heteroatoms. The van der Waals surface area contributed by atoms with Crippen LogP contribution in [0.25, 0.3) is 11.3 Å². The minimum Gasteiger partial charge on any atom is -0.359 e. The summed E-state index contributed by atoms with van der Waals surface area (Å²) in [6.07, 6.45) is 4.96. The summed E-state index contributed by atoms with van der Waals surface area (Å²) < 4.78 is 5.33. The number of carbonyl (C=O) groups is 1. The molecule has 0 saturated carbocycles. The summed E-state index contributed by atoms with van der Waals surface area (Å²) in [6, 6.07) is 11.6. The predicted molar refractivity (Wildman–Crippen MR) is 91.5 cm³/mol. The predicted octanol–water partition coefficient (Wildman–Crippen LogP) is 3.13. The fraction of sp³-hybridized carbons (Fsp3) is 0.176. The molecule has 0 aliphatic carbocycles. The van der Waals surface area contributed by atoms with E-state index in [1.54, 1.807) is 11.9 Å². The highest BCUT2D eigenvalue weighted by molar-refractivity contribution is 7.98. The average Bonchev–Trinajstić information content (AvgIpc) is 3.10. The Hall–Kier alpha value is -2.67. The first-order chi connectivity index (χ1) is 11.7. The van der Waals surface area contributed by atoms with Crippen LogP contribution in [0, 0.1) is 0 Å². The van der Waals surface area contributed by atoms with Gasteiger partial charge in [-0.2, -0.15) is 0 Å². The summed E-state index contributed by atoms with van der Waals surface area (Å²) in [4.78, 5) is 22.2. The van der Waals surface area contributed by atoms with Gasteiger partial charge in [-0.15, -0.1) is 0 Å². The molecule has 0 aliphatic rings. The van der Waals surface area contributed by atoms with Crippen molar-refractivity contribution in [3.63, 3.8) is 0 Å². The molecule has 3 rings (SSSR count). The van der Waals surface area contributed by atoms with Gasteiger partial charge in [-0.1, -0.05) is 47.3 Å². The van der Waals surface area contributed by atoms with E-state index in [1.165, 1.54) is 24.2 Å². The first kappa shape index (κ1) is 16.2. The Kier molecular flexibility index (Phi) is 4.90. The minimum atomic E-state index is -0.166. The van der Waals surface area contributed by atoms with E-state index in [2.05, 4.69) is 15.1 Å². The molecule has 0 atom stereocenters. The highest BCUT2D eigenvalue weighted by Gasteiger charge is 2.16. The maximum Gasteiger partial charge on any atom is 0.257 e. The van der Waals surface area contributed by atoms with Gasteiger partial charge in [0, 0.05) is 31.1 Å². The Morgan fingerprint density at radius 2 is 1.92 bits per heavy atom. The van der Waals surface area contributed by atoms with Gasteiger partial charge in [-0.05, 0) is 6.26 Å². The van der Waals surface area contributed by atoms with E-state index in [4.69, 9.17) is 4.52 Å². The van der Waals surface area contributed by atoms with Crippen molar-refractivity contribution in [2.45, 2.75) is 11.7 Å². The maximum atomic E-state index is 12.4. The monoisotopic (exact) mass is 340 g/mol. The number of hydrogen-bond acceptors (Lipinski definition) is 6. The van der Waals surface area contributed by atoms with Gasteiger partial charge >= 0.3 is 0 Å². The zero-order valence-corrected chi connectivity index (χ0v) is 14.2. The van der Waals surface area contributed by atoms with Crippen LogP contribution in [0.3, 0.4) is 0 Å². The lowest BCUT2D eigenvalue weighted by Crippen LogP contribution is -2.26. The lowest BCUT2D eigenvalue weighted by Gasteiger charge is -2.14. The molecule has 0 aliphatic heterocycles. The van der Waals surface area contributed by atoms with Gasteiger partial charge < -0.3 is 9.42 Å². The maximum absolute atomic E-state index is 12.4. The highest BCUT2D eigenvalue weighted by Crippen LogP contribution is 2.19. The lowest BCUT2D eigenvalue weighted by molar-refractivity contribution is 0.0771. The molecule has 0 saturated heterocycles. The largest absolute Gasteiger partial charge is 0.359 e. The van der Waals surface area contributed by atoms with Crippen LogP contribution in [0.4, 0.5) is 0 Å². The van der Waals surface area contributed by atoms with Crippen molar-refractivity contribution < 1.29 is 9.32 Å². The second-order valence-corrected chi connectivity index (χ2v) is 5.94. The number of thioether (sulfide) groups is 1. The van der Waals surface area contributed by atoms with Gasteiger partial charge in [0.25, 0.3) is 5.91 Å². The molecule has 0 fully saturated rings. The minimum absolute atomic E-state index is 0.166. The summed E-state index contributed by atoms with van der Waals surface area (Å²) in [5.41, 5.74) is 2.17. The summed E-state index contributed by atoms with van der Waals surface area (Å²) in [5.74, 6) is 0.451. The van der Waals surface area contributed by atoms with Crippen LogP contribution in [0.5, 0.6) is 0 Å². The second kappa shape index (κ2) is 7.27. The van der Waals surface area contributed by atoms with Gasteiger partial charge in [-0.25, -0.2) is 9.97 Å². The molecule has 2 aromatic heterocycles. The van der Waals surface area contributed by atoms with E-state index in [-0.39, 0.29) is 5.91 Å². The number of nitrogens with zero attached hydrogens (tertiary/aromatic N) is 4. The molecule has 0 N–H and O–H groups in total. The van der Waals surface area contributed by atoms with Crippen molar-refractivity contribution in [1.29, 1.82) is 0 Å². The number of aromatic nitrogens is 3. The summed E-state index contributed by atoms with van der Waals surface area (Å²) in [6.45, 7) is 0.322. The van der Waals surface area contributed by atoms with E-state index in [1.807, 2.05) is 42.7 Å². The van der Waals surface area contributed by atoms with Crippen LogP contribution >= 0.6 is 11.8 Å². The standard InChI is InChI=1S/C17H16N4O2S/c1-21(16(22)13-9-18-17(24-2)19-10-13)11-14-8-15(20-23-14)12-6-4-3-5-7-12/h3-10H,11H2,1-2H3. The molecule has 24 heavy (non-hydrogen) atoms. The normalized spacial score (nSPS) is 10.6. The number of hydrogen-bond donors (Lipinski definition) is 0. The Balaban J connectivity index is 1.69. The van der Waals surface area contributed by atoms with Crippen molar-refractivity contribution >= 4 is 17.7 Å². The summed E-state index contributed by atoms with van der Waals surface area (Å²) in [7, 11) is 1.70. The second-order valence-electron chi connectivity index (χ2n) is 5.16. The van der Waals surface area contributed by atoms with Gasteiger partial charge in [0.2, 0.25) is 0 Å². The number of amides is 1. The molecule has 2 heterocycles. The molecule has 0 bridgehead atoms. The Labute approximate surface area is 143 Å². The zero-order chi connectivity index (χ0) is 16.9. The molecule has 1 amide bonds. The Morgan fingerprint density at radius 1 is 1.21 bits per heavy atom. The first-order valence-electron chi connectivity index (χ1n) is 7.30. The van der Waals surface area contributed by atoms with E-state index >= 15 is 0 Å². The molecule has 0 unspecified atom stereocenters. The fourth-order valence-electron chi connectivity index (χ4n) is 2.19. The SMILES string of the molecule is CSc1ncc(C(=O)N(C)Cc2cc(-c3ccccc3)no2)cn1. The van der Waals surface area contributed by atoms with E-state index < -0.39 is 0 Å². The molecule has 1 aromatic carbocycles. The fourth-order valence-corrected chi connectivity index (χ4v) is 2.51. The molecular weight excluding hydrogens is 324 g/mol. The topological polar surface area (TPSA) is 72.1 Å². The Morgan fingerprint density at radius 3 is 2.58 bits per heavy atom. The molecule has 122 valence electrons. The van der Waals surface area contributed by atoms with Crippen molar-refractivity contribution in [2.75, 3.05) is 13.3 Å². The van der Waals surface area contributed by atoms with Crippen LogP contribution in [0.1, 0.15) is 16.1 Å². The van der Waals surface area contributed by atoms with Crippen molar-refractivity contribution in [3.05, 3.63) is 60.1 Å². The van der Waals surface area contributed by atoms with Crippen LogP contribution in [-0.4, -0.2) is 39.2 Å². The van der Waals surface area contributed by atoms with E-state index in [0.29, 0.717) is 23.0 Å². The first-order valence-corrected chi connectivity index (χ1v) is 8.52. The number of carbonyl (C=O) groups excluding carboxylic acids is 1. The van der Waals surface area contributed by atoms with Crippen molar-refractivity contribution in [2.24, 2.45) is 0 Å². The van der Waals surface area contributed by atoms with E-state index in [9.17, 15) is 4.79 Å². The Bertz CT molecular complexity index is 818. The van der Waals surface area contributed by atoms with Gasteiger partial charge in [0.05, 0.1) is 12.1 Å². The number of rotatable bonds is 5.